The van der Waals surface area contributed by atoms with Crippen LogP contribution < -0.4 is 10.8 Å². The highest BCUT2D eigenvalue weighted by Gasteiger charge is 2.21. The van der Waals surface area contributed by atoms with Crippen LogP contribution in [0, 0.1) is 6.92 Å². The van der Waals surface area contributed by atoms with Crippen LogP contribution in [-0.4, -0.2) is 32.1 Å². The van der Waals surface area contributed by atoms with Gasteiger partial charge in [-0.05, 0) is 26.0 Å². The Morgan fingerprint density at radius 1 is 1.31 bits per heavy atom. The van der Waals surface area contributed by atoms with Gasteiger partial charge in [-0.3, -0.25) is 19.8 Å². The van der Waals surface area contributed by atoms with E-state index in [-0.39, 0.29) is 11.7 Å². The molecule has 3 rings (SSSR count). The number of aryl methyl sites for hydroxylation is 1. The smallest absolute Gasteiger partial charge is 0.313 e. The molecule has 0 fully saturated rings. The lowest BCUT2D eigenvalue weighted by atomic mass is 10.2. The number of carbonyl (C=O) groups is 2. The van der Waals surface area contributed by atoms with Crippen LogP contribution in [-0.2, 0) is 0 Å². The van der Waals surface area contributed by atoms with E-state index in [0.717, 1.165) is 0 Å². The molecule has 0 bridgehead atoms. The average molecular weight is 373 g/mol. The number of nitrogens with zero attached hydrogens (tertiary/aromatic N) is 3. The highest BCUT2D eigenvalue weighted by Crippen LogP contribution is 2.27. The molecule has 9 nitrogen and oxygen atoms in total. The molecule has 2 amide bonds. The molecule has 0 spiro atoms. The first-order chi connectivity index (χ1) is 12.5. The predicted octanol–water partition coefficient (Wildman–Crippen LogP) is 2.11. The van der Waals surface area contributed by atoms with Crippen molar-refractivity contribution in [2.24, 2.45) is 0 Å². The number of hydrogen-bond acceptors (Lipinski definition) is 8. The van der Waals surface area contributed by atoms with Gasteiger partial charge in [0.2, 0.25) is 5.76 Å². The molecule has 3 aromatic heterocycles. The van der Waals surface area contributed by atoms with Crippen LogP contribution in [0.1, 0.15) is 44.6 Å². The van der Waals surface area contributed by atoms with Crippen LogP contribution >= 0.6 is 11.3 Å². The molecule has 0 radical (unpaired) electrons. The van der Waals surface area contributed by atoms with E-state index in [1.54, 1.807) is 20.0 Å². The lowest BCUT2D eigenvalue weighted by Crippen LogP contribution is -2.26. The van der Waals surface area contributed by atoms with Gasteiger partial charge < -0.3 is 9.84 Å². The third-order valence-electron chi connectivity index (χ3n) is 3.53. The van der Waals surface area contributed by atoms with Crippen molar-refractivity contribution in [3.05, 3.63) is 52.5 Å². The Morgan fingerprint density at radius 2 is 2.12 bits per heavy atom. The molecule has 26 heavy (non-hydrogen) atoms. The summed E-state index contributed by atoms with van der Waals surface area (Å²) in [6.07, 6.45) is 1.67. The first kappa shape index (κ1) is 17.7. The summed E-state index contributed by atoms with van der Waals surface area (Å²) in [5.41, 5.74) is 3.10. The third-order valence-corrected chi connectivity index (χ3v) is 4.71. The van der Waals surface area contributed by atoms with Gasteiger partial charge in [-0.15, -0.1) is 11.3 Å². The van der Waals surface area contributed by atoms with E-state index in [4.69, 9.17) is 9.73 Å². The SMILES string of the molecule is Cc1nc(-c2ccccn2)sc1C(=O)N[C@H](C)c1cc(C(=O)NO)on1. The molecular weight excluding hydrogens is 358 g/mol. The normalized spacial score (nSPS) is 11.8. The van der Waals surface area contributed by atoms with Crippen LogP contribution in [0.4, 0.5) is 0 Å². The Balaban J connectivity index is 1.75. The Kier molecular flexibility index (Phi) is 5.05. The number of rotatable bonds is 5. The first-order valence-electron chi connectivity index (χ1n) is 7.60. The van der Waals surface area contributed by atoms with Gasteiger partial charge in [0, 0.05) is 12.3 Å². The van der Waals surface area contributed by atoms with E-state index in [1.165, 1.54) is 22.9 Å². The number of nitrogens with one attached hydrogen (secondary N) is 2. The van der Waals surface area contributed by atoms with E-state index in [2.05, 4.69) is 20.4 Å². The van der Waals surface area contributed by atoms with Crippen LogP contribution in [0.2, 0.25) is 0 Å². The second-order valence-electron chi connectivity index (χ2n) is 5.40. The highest BCUT2D eigenvalue weighted by molar-refractivity contribution is 7.17. The second kappa shape index (κ2) is 7.42. The minimum Gasteiger partial charge on any atom is -0.351 e. The van der Waals surface area contributed by atoms with Gasteiger partial charge in [0.1, 0.15) is 15.6 Å². The molecule has 3 aromatic rings. The second-order valence-corrected chi connectivity index (χ2v) is 6.40. The number of pyridine rings is 1. The first-order valence-corrected chi connectivity index (χ1v) is 8.42. The lowest BCUT2D eigenvalue weighted by molar-refractivity contribution is 0.0666. The third kappa shape index (κ3) is 3.60. The Morgan fingerprint density at radius 3 is 2.81 bits per heavy atom. The molecule has 1 atom stereocenters. The minimum atomic E-state index is -0.819. The molecule has 3 N–H and O–H groups in total. The zero-order chi connectivity index (χ0) is 18.7. The summed E-state index contributed by atoms with van der Waals surface area (Å²) < 4.78 is 4.82. The van der Waals surface area contributed by atoms with Crippen molar-refractivity contribution in [2.75, 3.05) is 0 Å². The molecule has 0 aliphatic rings. The summed E-state index contributed by atoms with van der Waals surface area (Å²) in [6, 6.07) is 6.32. The summed E-state index contributed by atoms with van der Waals surface area (Å²) in [7, 11) is 0. The number of aromatic nitrogens is 3. The van der Waals surface area contributed by atoms with Crippen molar-refractivity contribution < 1.29 is 19.3 Å². The molecule has 0 saturated heterocycles. The summed E-state index contributed by atoms with van der Waals surface area (Å²) in [5.74, 6) is -1.29. The molecule has 0 aliphatic heterocycles. The fourth-order valence-electron chi connectivity index (χ4n) is 2.20. The van der Waals surface area contributed by atoms with Gasteiger partial charge >= 0.3 is 5.91 Å². The highest BCUT2D eigenvalue weighted by atomic mass is 32.1. The molecular formula is C16H15N5O4S. The summed E-state index contributed by atoms with van der Waals surface area (Å²) in [5, 5.41) is 15.8. The largest absolute Gasteiger partial charge is 0.351 e. The molecule has 0 saturated carbocycles. The maximum atomic E-state index is 12.6. The molecule has 3 heterocycles. The summed E-state index contributed by atoms with van der Waals surface area (Å²) >= 11 is 1.24. The molecule has 0 unspecified atom stereocenters. The fraction of sp³-hybridized carbons (Fsp3) is 0.188. The monoisotopic (exact) mass is 373 g/mol. The van der Waals surface area contributed by atoms with Crippen LogP contribution in [0.15, 0.2) is 35.0 Å². The Labute approximate surface area is 152 Å². The molecule has 0 aromatic carbocycles. The van der Waals surface area contributed by atoms with Gasteiger partial charge in [0.15, 0.2) is 0 Å². The number of carbonyl (C=O) groups excluding carboxylic acids is 2. The van der Waals surface area contributed by atoms with E-state index in [9.17, 15) is 9.59 Å². The van der Waals surface area contributed by atoms with Gasteiger partial charge in [-0.1, -0.05) is 11.2 Å². The van der Waals surface area contributed by atoms with Crippen molar-refractivity contribution in [3.63, 3.8) is 0 Å². The standard InChI is InChI=1S/C16H15N5O4S/c1-8(11-7-12(25-21-11)14(22)20-24)18-15(23)13-9(2)19-16(26-13)10-5-3-4-6-17-10/h3-8,24H,1-2H3,(H,18,23)(H,20,22)/t8-/m1/s1. The number of amides is 2. The van der Waals surface area contributed by atoms with Crippen molar-refractivity contribution in [2.45, 2.75) is 19.9 Å². The number of thiazole rings is 1. The van der Waals surface area contributed by atoms with Crippen molar-refractivity contribution in [1.82, 2.24) is 25.9 Å². The van der Waals surface area contributed by atoms with Crippen molar-refractivity contribution >= 4 is 23.2 Å². The van der Waals surface area contributed by atoms with Gasteiger partial charge in [-0.25, -0.2) is 10.5 Å². The average Bonchev–Trinajstić information content (AvgIpc) is 3.29. The topological polar surface area (TPSA) is 130 Å². The quantitative estimate of drug-likeness (QED) is 0.461. The lowest BCUT2D eigenvalue weighted by Gasteiger charge is -2.09. The van der Waals surface area contributed by atoms with E-state index >= 15 is 0 Å². The minimum absolute atomic E-state index is 0.157. The molecule has 134 valence electrons. The van der Waals surface area contributed by atoms with E-state index < -0.39 is 11.9 Å². The van der Waals surface area contributed by atoms with E-state index in [1.807, 2.05) is 18.2 Å². The van der Waals surface area contributed by atoms with Gasteiger partial charge in [0.25, 0.3) is 5.91 Å². The van der Waals surface area contributed by atoms with Crippen LogP contribution in [0.3, 0.4) is 0 Å². The Hall–Kier alpha value is -3.11. The molecule has 10 heteroatoms. The summed E-state index contributed by atoms with van der Waals surface area (Å²) in [6.45, 7) is 3.45. The number of hydroxylamine groups is 1. The fourth-order valence-corrected chi connectivity index (χ4v) is 3.14. The predicted molar refractivity (Wildman–Crippen MR) is 91.7 cm³/mol. The maximum Gasteiger partial charge on any atom is 0.313 e. The van der Waals surface area contributed by atoms with Gasteiger partial charge in [-0.2, -0.15) is 0 Å². The van der Waals surface area contributed by atoms with Gasteiger partial charge in [0.05, 0.1) is 17.4 Å². The Bertz CT molecular complexity index is 937. The molecule has 0 aliphatic carbocycles. The number of hydrogen-bond donors (Lipinski definition) is 3. The van der Waals surface area contributed by atoms with Crippen molar-refractivity contribution in [3.8, 4) is 10.7 Å². The maximum absolute atomic E-state index is 12.6. The zero-order valence-electron chi connectivity index (χ0n) is 13.9. The summed E-state index contributed by atoms with van der Waals surface area (Å²) in [4.78, 5) is 32.9. The zero-order valence-corrected chi connectivity index (χ0v) is 14.7. The van der Waals surface area contributed by atoms with Crippen molar-refractivity contribution in [1.29, 1.82) is 0 Å². The van der Waals surface area contributed by atoms with Crippen LogP contribution in [0.5, 0.6) is 0 Å². The van der Waals surface area contributed by atoms with Crippen LogP contribution in [0.25, 0.3) is 10.7 Å². The van der Waals surface area contributed by atoms with E-state index in [0.29, 0.717) is 27.0 Å².